The Bertz CT molecular complexity index is 1070. The highest BCUT2D eigenvalue weighted by molar-refractivity contribution is 5.92. The van der Waals surface area contributed by atoms with Crippen LogP contribution in [0.15, 0.2) is 54.6 Å². The van der Waals surface area contributed by atoms with Crippen LogP contribution >= 0.6 is 0 Å². The second-order valence-corrected chi connectivity index (χ2v) is 9.54. The number of nitrogens with zero attached hydrogens (tertiary/aromatic N) is 1. The van der Waals surface area contributed by atoms with Gasteiger partial charge in [0.25, 0.3) is 0 Å². The largest absolute Gasteiger partial charge is 0.444 e. The summed E-state index contributed by atoms with van der Waals surface area (Å²) >= 11 is 0. The van der Waals surface area contributed by atoms with E-state index in [1.54, 1.807) is 52.0 Å². The Labute approximate surface area is 208 Å². The molecule has 0 heterocycles. The van der Waals surface area contributed by atoms with Crippen LogP contribution < -0.4 is 10.6 Å². The van der Waals surface area contributed by atoms with Crippen molar-refractivity contribution in [3.05, 3.63) is 71.3 Å². The van der Waals surface area contributed by atoms with Gasteiger partial charge in [-0.1, -0.05) is 54.5 Å². The number of benzene rings is 2. The molecule has 0 spiro atoms. The maximum Gasteiger partial charge on any atom is 0.408 e. The second kappa shape index (κ2) is 12.1. The standard InChI is InChI=1S/C28H35N3O4/c1-8-22-16-12-13-17-23(22)24(25(32)29-18-21-14-10-9-11-15-21)31(19(2)3)26(33)20(4)30-27(34)35-28(5,6)7/h1,9-17,19-20,24H,18H2,2-7H3,(H,29,32)(H,30,34). The van der Waals surface area contributed by atoms with Gasteiger partial charge in [-0.2, -0.15) is 0 Å². The smallest absolute Gasteiger partial charge is 0.408 e. The van der Waals surface area contributed by atoms with Gasteiger partial charge in [-0.05, 0) is 58.7 Å². The zero-order valence-corrected chi connectivity index (χ0v) is 21.3. The molecule has 2 atom stereocenters. The van der Waals surface area contributed by atoms with E-state index in [-0.39, 0.29) is 11.9 Å². The fourth-order valence-electron chi connectivity index (χ4n) is 3.62. The summed E-state index contributed by atoms with van der Waals surface area (Å²) in [5.74, 6) is 1.81. The molecule has 0 saturated carbocycles. The number of ether oxygens (including phenoxy) is 1. The first kappa shape index (κ1) is 27.5. The first-order chi connectivity index (χ1) is 16.4. The topological polar surface area (TPSA) is 87.7 Å². The number of amides is 3. The van der Waals surface area contributed by atoms with Crippen LogP contribution in [0.1, 0.15) is 64.3 Å². The summed E-state index contributed by atoms with van der Waals surface area (Å²) in [6, 6.07) is 14.2. The van der Waals surface area contributed by atoms with Crippen molar-refractivity contribution in [2.45, 2.75) is 71.8 Å². The zero-order valence-electron chi connectivity index (χ0n) is 21.3. The van der Waals surface area contributed by atoms with Gasteiger partial charge in [-0.3, -0.25) is 9.59 Å². The molecular weight excluding hydrogens is 442 g/mol. The number of alkyl carbamates (subject to hydrolysis) is 1. The summed E-state index contributed by atoms with van der Waals surface area (Å²) in [7, 11) is 0. The molecule has 0 aliphatic heterocycles. The third kappa shape index (κ3) is 7.89. The third-order valence-corrected chi connectivity index (χ3v) is 5.16. The fourth-order valence-corrected chi connectivity index (χ4v) is 3.62. The molecule has 0 aliphatic carbocycles. The van der Waals surface area contributed by atoms with Crippen LogP contribution in [0, 0.1) is 12.3 Å². The minimum absolute atomic E-state index is 0.292. The van der Waals surface area contributed by atoms with Crippen molar-refractivity contribution in [3.8, 4) is 12.3 Å². The van der Waals surface area contributed by atoms with Crippen molar-refractivity contribution in [1.82, 2.24) is 15.5 Å². The van der Waals surface area contributed by atoms with E-state index in [2.05, 4.69) is 16.6 Å². The van der Waals surface area contributed by atoms with Gasteiger partial charge in [0, 0.05) is 18.2 Å². The number of hydrogen-bond donors (Lipinski definition) is 2. The molecule has 7 nitrogen and oxygen atoms in total. The molecule has 0 fully saturated rings. The molecule has 0 aliphatic rings. The minimum Gasteiger partial charge on any atom is -0.444 e. The minimum atomic E-state index is -0.999. The number of carbonyl (C=O) groups excluding carboxylic acids is 3. The number of hydrogen-bond acceptors (Lipinski definition) is 4. The molecule has 2 aromatic rings. The average Bonchev–Trinajstić information content (AvgIpc) is 2.79. The van der Waals surface area contributed by atoms with Crippen molar-refractivity contribution in [1.29, 1.82) is 0 Å². The second-order valence-electron chi connectivity index (χ2n) is 9.54. The Balaban J connectivity index is 2.40. The first-order valence-electron chi connectivity index (χ1n) is 11.6. The SMILES string of the molecule is C#Cc1ccccc1C(C(=O)NCc1ccccc1)N(C(=O)C(C)NC(=O)OC(C)(C)C)C(C)C. The third-order valence-electron chi connectivity index (χ3n) is 5.16. The van der Waals surface area contributed by atoms with Crippen molar-refractivity contribution in [2.24, 2.45) is 0 Å². The van der Waals surface area contributed by atoms with Crippen LogP contribution in [0.5, 0.6) is 0 Å². The van der Waals surface area contributed by atoms with Crippen molar-refractivity contribution in [2.75, 3.05) is 0 Å². The predicted octanol–water partition coefficient (Wildman–Crippen LogP) is 4.18. The van der Waals surface area contributed by atoms with Gasteiger partial charge < -0.3 is 20.3 Å². The highest BCUT2D eigenvalue weighted by Gasteiger charge is 2.37. The lowest BCUT2D eigenvalue weighted by atomic mass is 9.96. The van der Waals surface area contributed by atoms with E-state index < -0.39 is 29.7 Å². The van der Waals surface area contributed by atoms with Crippen molar-refractivity contribution in [3.63, 3.8) is 0 Å². The lowest BCUT2D eigenvalue weighted by Gasteiger charge is -2.37. The number of nitrogens with one attached hydrogen (secondary N) is 2. The maximum atomic E-state index is 13.6. The molecule has 0 radical (unpaired) electrons. The van der Waals surface area contributed by atoms with Gasteiger partial charge >= 0.3 is 6.09 Å². The Morgan fingerprint density at radius 2 is 1.60 bits per heavy atom. The van der Waals surface area contributed by atoms with Gasteiger partial charge in [0.05, 0.1) is 0 Å². The molecule has 0 saturated heterocycles. The summed E-state index contributed by atoms with van der Waals surface area (Å²) in [4.78, 5) is 40.9. The summed E-state index contributed by atoms with van der Waals surface area (Å²) in [5, 5.41) is 5.52. The monoisotopic (exact) mass is 477 g/mol. The first-order valence-corrected chi connectivity index (χ1v) is 11.6. The molecule has 2 unspecified atom stereocenters. The highest BCUT2D eigenvalue weighted by atomic mass is 16.6. The maximum absolute atomic E-state index is 13.6. The van der Waals surface area contributed by atoms with Crippen LogP contribution in [0.25, 0.3) is 0 Å². The lowest BCUT2D eigenvalue weighted by molar-refractivity contribution is -0.144. The van der Waals surface area contributed by atoms with Crippen molar-refractivity contribution >= 4 is 17.9 Å². The molecule has 2 aromatic carbocycles. The van der Waals surface area contributed by atoms with Gasteiger partial charge in [0.15, 0.2) is 0 Å². The molecular formula is C28H35N3O4. The van der Waals surface area contributed by atoms with Crippen LogP contribution in [0.2, 0.25) is 0 Å². The number of rotatable bonds is 8. The summed E-state index contributed by atoms with van der Waals surface area (Å²) in [5.41, 5.74) is 1.26. The fraction of sp³-hybridized carbons (Fsp3) is 0.393. The Morgan fingerprint density at radius 3 is 2.17 bits per heavy atom. The molecule has 3 amide bonds. The van der Waals surface area contributed by atoms with E-state index in [9.17, 15) is 14.4 Å². The molecule has 186 valence electrons. The van der Waals surface area contributed by atoms with E-state index in [1.165, 1.54) is 4.90 Å². The normalized spacial score (nSPS) is 12.7. The summed E-state index contributed by atoms with van der Waals surface area (Å²) in [6.45, 7) is 10.7. The molecule has 7 heteroatoms. The van der Waals surface area contributed by atoms with Gasteiger partial charge in [0.2, 0.25) is 11.8 Å². The predicted molar refractivity (Wildman–Crippen MR) is 136 cm³/mol. The Kier molecular flexibility index (Phi) is 9.47. The van der Waals surface area contributed by atoms with Crippen LogP contribution in [-0.2, 0) is 20.9 Å². The summed E-state index contributed by atoms with van der Waals surface area (Å²) < 4.78 is 5.29. The van der Waals surface area contributed by atoms with Crippen LogP contribution in [0.3, 0.4) is 0 Å². The van der Waals surface area contributed by atoms with Crippen LogP contribution in [-0.4, -0.2) is 40.5 Å². The van der Waals surface area contributed by atoms with Gasteiger partial charge in [-0.25, -0.2) is 4.79 Å². The molecule has 0 aromatic heterocycles. The molecule has 2 N–H and O–H groups in total. The van der Waals surface area contributed by atoms with Gasteiger partial charge in [0.1, 0.15) is 17.7 Å². The quantitative estimate of drug-likeness (QED) is 0.559. The Morgan fingerprint density at radius 1 is 1.00 bits per heavy atom. The van der Waals surface area contributed by atoms with E-state index in [4.69, 9.17) is 11.2 Å². The van der Waals surface area contributed by atoms with Crippen molar-refractivity contribution < 1.29 is 19.1 Å². The van der Waals surface area contributed by atoms with Gasteiger partial charge in [-0.15, -0.1) is 6.42 Å². The molecule has 2 rings (SSSR count). The van der Waals surface area contributed by atoms with E-state index in [0.29, 0.717) is 17.7 Å². The average molecular weight is 478 g/mol. The Hall–Kier alpha value is -3.79. The number of carbonyl (C=O) groups is 3. The van der Waals surface area contributed by atoms with E-state index >= 15 is 0 Å². The number of terminal acetylenes is 1. The van der Waals surface area contributed by atoms with Crippen LogP contribution in [0.4, 0.5) is 4.79 Å². The zero-order chi connectivity index (χ0) is 26.2. The molecule has 0 bridgehead atoms. The highest BCUT2D eigenvalue weighted by Crippen LogP contribution is 2.27. The lowest BCUT2D eigenvalue weighted by Crippen LogP contribution is -2.54. The molecule has 35 heavy (non-hydrogen) atoms. The van der Waals surface area contributed by atoms with E-state index in [0.717, 1.165) is 5.56 Å². The van der Waals surface area contributed by atoms with E-state index in [1.807, 2.05) is 44.2 Å². The summed E-state index contributed by atoms with van der Waals surface area (Å²) in [6.07, 6.45) is 5.02.